The van der Waals surface area contributed by atoms with Crippen molar-refractivity contribution in [3.05, 3.63) is 51.7 Å². The number of thiophene rings is 1. The molecule has 3 heteroatoms. The molecule has 2 rings (SSSR count). The van der Waals surface area contributed by atoms with Crippen molar-refractivity contribution in [2.45, 2.75) is 26.5 Å². The highest BCUT2D eigenvalue weighted by molar-refractivity contribution is 7.09. The SMILES string of the molecule is Cc1ccc(C(C)N)c(OCc2cccs2)c1. The lowest BCUT2D eigenvalue weighted by Gasteiger charge is -2.14. The van der Waals surface area contributed by atoms with Gasteiger partial charge in [0.05, 0.1) is 0 Å². The number of hydrogen-bond donors (Lipinski definition) is 1. The van der Waals surface area contributed by atoms with Crippen LogP contribution in [0, 0.1) is 6.92 Å². The minimum atomic E-state index is -0.00562. The second kappa shape index (κ2) is 5.34. The summed E-state index contributed by atoms with van der Waals surface area (Å²) in [5.41, 5.74) is 8.19. The van der Waals surface area contributed by atoms with Gasteiger partial charge in [0.15, 0.2) is 0 Å². The van der Waals surface area contributed by atoms with Gasteiger partial charge in [0, 0.05) is 16.5 Å². The van der Waals surface area contributed by atoms with Crippen molar-refractivity contribution in [1.29, 1.82) is 0 Å². The Morgan fingerprint density at radius 3 is 2.82 bits per heavy atom. The molecule has 0 saturated carbocycles. The molecule has 1 aromatic carbocycles. The Kier molecular flexibility index (Phi) is 3.82. The van der Waals surface area contributed by atoms with Crippen molar-refractivity contribution in [3.63, 3.8) is 0 Å². The van der Waals surface area contributed by atoms with Gasteiger partial charge < -0.3 is 10.5 Å². The quantitative estimate of drug-likeness (QED) is 0.895. The maximum absolute atomic E-state index is 5.94. The summed E-state index contributed by atoms with van der Waals surface area (Å²) >= 11 is 1.70. The molecule has 17 heavy (non-hydrogen) atoms. The van der Waals surface area contributed by atoms with Crippen LogP contribution in [0.25, 0.3) is 0 Å². The zero-order valence-corrected chi connectivity index (χ0v) is 11.0. The summed E-state index contributed by atoms with van der Waals surface area (Å²) in [5, 5.41) is 2.06. The second-order valence-electron chi connectivity index (χ2n) is 4.20. The lowest BCUT2D eigenvalue weighted by molar-refractivity contribution is 0.305. The van der Waals surface area contributed by atoms with Gasteiger partial charge in [-0.1, -0.05) is 18.2 Å². The number of aryl methyl sites for hydroxylation is 1. The lowest BCUT2D eigenvalue weighted by atomic mass is 10.1. The van der Waals surface area contributed by atoms with Gasteiger partial charge in [-0.2, -0.15) is 0 Å². The van der Waals surface area contributed by atoms with Crippen molar-refractivity contribution in [3.8, 4) is 5.75 Å². The Morgan fingerprint density at radius 1 is 1.35 bits per heavy atom. The summed E-state index contributed by atoms with van der Waals surface area (Å²) in [6.45, 7) is 4.65. The van der Waals surface area contributed by atoms with E-state index in [4.69, 9.17) is 10.5 Å². The number of hydrogen-bond acceptors (Lipinski definition) is 3. The first kappa shape index (κ1) is 12.1. The molecular weight excluding hydrogens is 230 g/mol. The topological polar surface area (TPSA) is 35.2 Å². The molecule has 0 bridgehead atoms. The molecule has 0 fully saturated rings. The molecule has 0 aliphatic rings. The van der Waals surface area contributed by atoms with Gasteiger partial charge in [-0.25, -0.2) is 0 Å². The third kappa shape index (κ3) is 3.08. The molecule has 90 valence electrons. The summed E-state index contributed by atoms with van der Waals surface area (Å²) in [7, 11) is 0. The molecule has 2 nitrogen and oxygen atoms in total. The van der Waals surface area contributed by atoms with Gasteiger partial charge >= 0.3 is 0 Å². The van der Waals surface area contributed by atoms with Crippen molar-refractivity contribution in [2.75, 3.05) is 0 Å². The average Bonchev–Trinajstić information content (AvgIpc) is 2.78. The Morgan fingerprint density at radius 2 is 2.18 bits per heavy atom. The fourth-order valence-corrected chi connectivity index (χ4v) is 2.30. The second-order valence-corrected chi connectivity index (χ2v) is 5.23. The van der Waals surface area contributed by atoms with Crippen molar-refractivity contribution >= 4 is 11.3 Å². The van der Waals surface area contributed by atoms with Gasteiger partial charge in [-0.3, -0.25) is 0 Å². The maximum atomic E-state index is 5.94. The van der Waals surface area contributed by atoms with Crippen molar-refractivity contribution < 1.29 is 4.74 Å². The summed E-state index contributed by atoms with van der Waals surface area (Å²) in [4.78, 5) is 1.22. The number of nitrogens with two attached hydrogens (primary N) is 1. The van der Waals surface area contributed by atoms with Crippen LogP contribution in [-0.2, 0) is 6.61 Å². The summed E-state index contributed by atoms with van der Waals surface area (Å²) in [6, 6.07) is 10.3. The fraction of sp³-hybridized carbons (Fsp3) is 0.286. The summed E-state index contributed by atoms with van der Waals surface area (Å²) in [5.74, 6) is 0.897. The predicted molar refractivity (Wildman–Crippen MR) is 72.4 cm³/mol. The highest BCUT2D eigenvalue weighted by Crippen LogP contribution is 2.26. The molecule has 1 heterocycles. The summed E-state index contributed by atoms with van der Waals surface area (Å²) in [6.07, 6.45) is 0. The van der Waals surface area contributed by atoms with Gasteiger partial charge in [0.25, 0.3) is 0 Å². The zero-order valence-electron chi connectivity index (χ0n) is 10.1. The van der Waals surface area contributed by atoms with Crippen LogP contribution in [-0.4, -0.2) is 0 Å². The molecule has 2 aromatic rings. The third-order valence-electron chi connectivity index (χ3n) is 2.61. The smallest absolute Gasteiger partial charge is 0.124 e. The van der Waals surface area contributed by atoms with Crippen LogP contribution < -0.4 is 10.5 Å². The molecule has 0 radical (unpaired) electrons. The van der Waals surface area contributed by atoms with E-state index in [1.807, 2.05) is 25.1 Å². The van der Waals surface area contributed by atoms with Crippen LogP contribution in [0.5, 0.6) is 5.75 Å². The Bertz CT molecular complexity index is 477. The minimum Gasteiger partial charge on any atom is -0.488 e. The van der Waals surface area contributed by atoms with Gasteiger partial charge in [-0.15, -0.1) is 11.3 Å². The van der Waals surface area contributed by atoms with Crippen molar-refractivity contribution in [2.24, 2.45) is 5.73 Å². The minimum absolute atomic E-state index is 0.00562. The molecule has 0 aliphatic carbocycles. The zero-order chi connectivity index (χ0) is 12.3. The Hall–Kier alpha value is -1.32. The Balaban J connectivity index is 2.16. The van der Waals surface area contributed by atoms with Gasteiger partial charge in [0.1, 0.15) is 12.4 Å². The van der Waals surface area contributed by atoms with E-state index in [1.165, 1.54) is 10.4 Å². The van der Waals surface area contributed by atoms with E-state index in [-0.39, 0.29) is 6.04 Å². The highest BCUT2D eigenvalue weighted by Gasteiger charge is 2.08. The predicted octanol–water partition coefficient (Wildman–Crippen LogP) is 3.66. The van der Waals surface area contributed by atoms with Crippen LogP contribution >= 0.6 is 11.3 Å². The molecule has 1 atom stereocenters. The average molecular weight is 247 g/mol. The largest absolute Gasteiger partial charge is 0.488 e. The molecule has 1 aromatic heterocycles. The standard InChI is InChI=1S/C14H17NOS/c1-10-5-6-13(11(2)15)14(8-10)16-9-12-4-3-7-17-12/h3-8,11H,9,15H2,1-2H3. The number of benzene rings is 1. The molecule has 0 saturated heterocycles. The van der Waals surface area contributed by atoms with E-state index in [0.29, 0.717) is 6.61 Å². The van der Waals surface area contributed by atoms with Crippen LogP contribution in [0.1, 0.15) is 29.0 Å². The fourth-order valence-electron chi connectivity index (χ4n) is 1.69. The van der Waals surface area contributed by atoms with E-state index in [9.17, 15) is 0 Å². The van der Waals surface area contributed by atoms with Crippen LogP contribution in [0.2, 0.25) is 0 Å². The van der Waals surface area contributed by atoms with Crippen LogP contribution in [0.4, 0.5) is 0 Å². The third-order valence-corrected chi connectivity index (χ3v) is 3.46. The normalized spacial score (nSPS) is 12.4. The van der Waals surface area contributed by atoms with E-state index in [0.717, 1.165) is 11.3 Å². The van der Waals surface area contributed by atoms with E-state index in [1.54, 1.807) is 11.3 Å². The van der Waals surface area contributed by atoms with Crippen LogP contribution in [0.3, 0.4) is 0 Å². The Labute approximate surface area is 106 Å². The first-order valence-electron chi connectivity index (χ1n) is 5.68. The van der Waals surface area contributed by atoms with Gasteiger partial charge in [0.2, 0.25) is 0 Å². The lowest BCUT2D eigenvalue weighted by Crippen LogP contribution is -2.08. The van der Waals surface area contributed by atoms with Crippen molar-refractivity contribution in [1.82, 2.24) is 0 Å². The highest BCUT2D eigenvalue weighted by atomic mass is 32.1. The van der Waals surface area contributed by atoms with Gasteiger partial charge in [-0.05, 0) is 36.9 Å². The molecule has 2 N–H and O–H groups in total. The monoisotopic (exact) mass is 247 g/mol. The number of rotatable bonds is 4. The molecule has 0 spiro atoms. The molecule has 1 unspecified atom stereocenters. The molecule has 0 aliphatic heterocycles. The van der Waals surface area contributed by atoms with E-state index < -0.39 is 0 Å². The van der Waals surface area contributed by atoms with E-state index >= 15 is 0 Å². The summed E-state index contributed by atoms with van der Waals surface area (Å²) < 4.78 is 5.85. The first-order chi connectivity index (χ1) is 8.16. The maximum Gasteiger partial charge on any atom is 0.124 e. The number of ether oxygens (including phenoxy) is 1. The first-order valence-corrected chi connectivity index (χ1v) is 6.56. The molecular formula is C14H17NOS. The van der Waals surface area contributed by atoms with Crippen LogP contribution in [0.15, 0.2) is 35.7 Å². The molecule has 0 amide bonds. The van der Waals surface area contributed by atoms with E-state index in [2.05, 4.69) is 24.4 Å².